The third-order valence-electron chi connectivity index (χ3n) is 4.22. The van der Waals surface area contributed by atoms with Crippen molar-refractivity contribution < 1.29 is 9.53 Å². The molecule has 0 saturated heterocycles. The molecule has 0 radical (unpaired) electrons. The zero-order chi connectivity index (χ0) is 19.8. The van der Waals surface area contributed by atoms with Crippen LogP contribution < -0.4 is 5.56 Å². The number of carbonyl (C=O) groups excluding carboxylic acids is 1. The topological polar surface area (TPSA) is 73.6 Å². The van der Waals surface area contributed by atoms with Gasteiger partial charge in [0.15, 0.2) is 9.30 Å². The number of para-hydroxylation sites is 2. The number of thioether (sulfide) groups is 1. The van der Waals surface area contributed by atoms with Crippen LogP contribution >= 0.6 is 34.4 Å². The summed E-state index contributed by atoms with van der Waals surface area (Å²) >= 11 is 4.33. The van der Waals surface area contributed by atoms with E-state index in [2.05, 4.69) is 9.97 Å². The SMILES string of the molecule is O=C(CSc1nc2ccccc2s1)OCc1cc(=O)n2c(n1)sc1ccccc12. The molecule has 0 saturated carbocycles. The Morgan fingerprint density at radius 1 is 1.03 bits per heavy atom. The minimum atomic E-state index is -0.368. The van der Waals surface area contributed by atoms with Gasteiger partial charge in [0.25, 0.3) is 5.56 Å². The second-order valence-electron chi connectivity index (χ2n) is 6.17. The van der Waals surface area contributed by atoms with E-state index in [1.807, 2.05) is 48.5 Å². The zero-order valence-corrected chi connectivity index (χ0v) is 17.4. The molecular formula is C20H13N3O3S3. The highest BCUT2D eigenvalue weighted by molar-refractivity contribution is 8.01. The molecule has 0 aliphatic rings. The first-order valence-electron chi connectivity index (χ1n) is 8.71. The summed E-state index contributed by atoms with van der Waals surface area (Å²) in [6.45, 7) is -0.0285. The van der Waals surface area contributed by atoms with Crippen LogP contribution in [0.25, 0.3) is 25.4 Å². The summed E-state index contributed by atoms with van der Waals surface area (Å²) in [5, 5.41) is 0. The average Bonchev–Trinajstić information content (AvgIpc) is 3.31. The number of rotatable bonds is 5. The molecule has 0 atom stereocenters. The van der Waals surface area contributed by atoms with Gasteiger partial charge in [-0.25, -0.2) is 9.97 Å². The van der Waals surface area contributed by atoms with Crippen LogP contribution in [0.1, 0.15) is 5.69 Å². The van der Waals surface area contributed by atoms with Gasteiger partial charge < -0.3 is 4.74 Å². The Hall–Kier alpha value is -2.75. The summed E-state index contributed by atoms with van der Waals surface area (Å²) in [7, 11) is 0. The molecule has 5 rings (SSSR count). The van der Waals surface area contributed by atoms with E-state index in [-0.39, 0.29) is 23.9 Å². The third-order valence-corrected chi connectivity index (χ3v) is 7.39. The Morgan fingerprint density at radius 2 is 1.83 bits per heavy atom. The molecule has 2 aromatic carbocycles. The van der Waals surface area contributed by atoms with E-state index in [4.69, 9.17) is 4.74 Å². The number of benzene rings is 2. The molecule has 29 heavy (non-hydrogen) atoms. The van der Waals surface area contributed by atoms with Gasteiger partial charge in [-0.1, -0.05) is 47.4 Å². The van der Waals surface area contributed by atoms with Crippen LogP contribution in [0.15, 0.2) is 63.7 Å². The molecule has 0 aliphatic heterocycles. The van der Waals surface area contributed by atoms with Crippen molar-refractivity contribution >= 4 is 65.8 Å². The Bertz CT molecular complexity index is 1390. The van der Waals surface area contributed by atoms with Gasteiger partial charge in [-0.05, 0) is 24.3 Å². The maximum absolute atomic E-state index is 12.5. The van der Waals surface area contributed by atoms with Crippen LogP contribution in [0, 0.1) is 0 Å². The van der Waals surface area contributed by atoms with Crippen LogP contribution in [0.5, 0.6) is 0 Å². The first-order chi connectivity index (χ1) is 14.2. The Labute approximate surface area is 176 Å². The molecule has 0 bridgehead atoms. The van der Waals surface area contributed by atoms with E-state index in [9.17, 15) is 9.59 Å². The molecule has 0 N–H and O–H groups in total. The summed E-state index contributed by atoms with van der Waals surface area (Å²) in [4.78, 5) is 34.2. The van der Waals surface area contributed by atoms with E-state index in [1.54, 1.807) is 15.7 Å². The molecule has 5 aromatic rings. The summed E-state index contributed by atoms with van der Waals surface area (Å²) in [6, 6.07) is 16.9. The fraction of sp³-hybridized carbons (Fsp3) is 0.100. The van der Waals surface area contributed by atoms with E-state index < -0.39 is 0 Å². The highest BCUT2D eigenvalue weighted by atomic mass is 32.2. The molecule has 0 amide bonds. The lowest BCUT2D eigenvalue weighted by Crippen LogP contribution is -2.15. The molecular weight excluding hydrogens is 426 g/mol. The maximum Gasteiger partial charge on any atom is 0.316 e. The minimum absolute atomic E-state index is 0.0285. The summed E-state index contributed by atoms with van der Waals surface area (Å²) < 4.78 is 9.79. The fourth-order valence-corrected chi connectivity index (χ4v) is 5.84. The van der Waals surface area contributed by atoms with Crippen molar-refractivity contribution in [1.82, 2.24) is 14.4 Å². The van der Waals surface area contributed by atoms with Crippen LogP contribution in [0.3, 0.4) is 0 Å². The lowest BCUT2D eigenvalue weighted by molar-refractivity contribution is -0.141. The highest BCUT2D eigenvalue weighted by Gasteiger charge is 2.12. The normalized spacial score (nSPS) is 11.4. The van der Waals surface area contributed by atoms with Gasteiger partial charge in [-0.2, -0.15) is 0 Å². The van der Waals surface area contributed by atoms with E-state index >= 15 is 0 Å². The van der Waals surface area contributed by atoms with Crippen LogP contribution in [-0.2, 0) is 16.1 Å². The highest BCUT2D eigenvalue weighted by Crippen LogP contribution is 2.29. The second-order valence-corrected chi connectivity index (χ2v) is 9.43. The van der Waals surface area contributed by atoms with Crippen molar-refractivity contribution in [2.45, 2.75) is 10.9 Å². The zero-order valence-electron chi connectivity index (χ0n) is 14.9. The number of hydrogen-bond acceptors (Lipinski definition) is 8. The summed E-state index contributed by atoms with van der Waals surface area (Å²) in [5.74, 6) is -0.211. The molecule has 0 spiro atoms. The Morgan fingerprint density at radius 3 is 2.69 bits per heavy atom. The van der Waals surface area contributed by atoms with Gasteiger partial charge in [-0.15, -0.1) is 11.3 Å². The van der Waals surface area contributed by atoms with Crippen molar-refractivity contribution in [3.8, 4) is 0 Å². The molecule has 0 fully saturated rings. The average molecular weight is 440 g/mol. The number of thiazole rings is 2. The quantitative estimate of drug-likeness (QED) is 0.299. The van der Waals surface area contributed by atoms with Crippen molar-refractivity contribution in [2.24, 2.45) is 0 Å². The molecule has 3 heterocycles. The van der Waals surface area contributed by atoms with Crippen LogP contribution in [0.4, 0.5) is 0 Å². The fourth-order valence-electron chi connectivity index (χ4n) is 2.93. The van der Waals surface area contributed by atoms with Crippen molar-refractivity contribution in [2.75, 3.05) is 5.75 Å². The van der Waals surface area contributed by atoms with Gasteiger partial charge in [0.05, 0.1) is 31.9 Å². The smallest absolute Gasteiger partial charge is 0.316 e. The van der Waals surface area contributed by atoms with Crippen LogP contribution in [0.2, 0.25) is 0 Å². The van der Waals surface area contributed by atoms with E-state index in [0.29, 0.717) is 10.7 Å². The molecule has 3 aromatic heterocycles. The van der Waals surface area contributed by atoms with E-state index in [1.165, 1.54) is 29.2 Å². The minimum Gasteiger partial charge on any atom is -0.459 e. The van der Waals surface area contributed by atoms with Crippen molar-refractivity contribution in [3.05, 3.63) is 70.6 Å². The predicted octanol–water partition coefficient (Wildman–Crippen LogP) is 4.35. The van der Waals surface area contributed by atoms with Crippen molar-refractivity contribution in [3.63, 3.8) is 0 Å². The molecule has 144 valence electrons. The van der Waals surface area contributed by atoms with Gasteiger partial charge >= 0.3 is 5.97 Å². The van der Waals surface area contributed by atoms with Gasteiger partial charge in [0, 0.05) is 6.07 Å². The second kappa shape index (κ2) is 7.58. The summed E-state index contributed by atoms with van der Waals surface area (Å²) in [5.41, 5.74) is 2.03. The van der Waals surface area contributed by atoms with Gasteiger partial charge in [0.1, 0.15) is 6.61 Å². The maximum atomic E-state index is 12.5. The molecule has 6 nitrogen and oxygen atoms in total. The first kappa shape index (κ1) is 18.3. The number of nitrogens with zero attached hydrogens (tertiary/aromatic N) is 3. The number of aromatic nitrogens is 3. The van der Waals surface area contributed by atoms with Crippen molar-refractivity contribution in [1.29, 1.82) is 0 Å². The first-order valence-corrected chi connectivity index (χ1v) is 11.3. The number of esters is 1. The van der Waals surface area contributed by atoms with Gasteiger partial charge in [0.2, 0.25) is 0 Å². The molecule has 0 aliphatic carbocycles. The molecule has 9 heteroatoms. The predicted molar refractivity (Wildman–Crippen MR) is 117 cm³/mol. The largest absolute Gasteiger partial charge is 0.459 e. The Balaban J connectivity index is 1.26. The number of ether oxygens (including phenoxy) is 1. The van der Waals surface area contributed by atoms with Gasteiger partial charge in [-0.3, -0.25) is 14.0 Å². The lowest BCUT2D eigenvalue weighted by Gasteiger charge is -2.04. The monoisotopic (exact) mass is 439 g/mol. The van der Waals surface area contributed by atoms with E-state index in [0.717, 1.165) is 24.8 Å². The third kappa shape index (κ3) is 3.64. The number of fused-ring (bicyclic) bond motifs is 4. The number of carbonyl (C=O) groups is 1. The standard InChI is InChI=1S/C20H13N3O3S3/c24-17-9-12(21-19-23(17)14-6-2-4-8-16(14)28-19)10-26-18(25)11-27-20-22-13-5-1-3-7-15(13)29-20/h1-9H,10-11H2. The summed E-state index contributed by atoms with van der Waals surface area (Å²) in [6.07, 6.45) is 0. The number of hydrogen-bond donors (Lipinski definition) is 0. The van der Waals surface area contributed by atoms with Crippen LogP contribution in [-0.4, -0.2) is 26.1 Å². The molecule has 0 unspecified atom stereocenters. The Kier molecular flexibility index (Phi) is 4.78. The lowest BCUT2D eigenvalue weighted by atomic mass is 10.3.